The Morgan fingerprint density at radius 2 is 1.60 bits per heavy atom. The number of rotatable bonds is 3. The van der Waals surface area contributed by atoms with Gasteiger partial charge >= 0.3 is 0 Å². The van der Waals surface area contributed by atoms with Gasteiger partial charge < -0.3 is 0 Å². The Hall–Kier alpha value is 0. The summed E-state index contributed by atoms with van der Waals surface area (Å²) in [5.41, 5.74) is 0.254. The van der Waals surface area contributed by atoms with E-state index in [1.54, 1.807) is 0 Å². The summed E-state index contributed by atoms with van der Waals surface area (Å²) < 4.78 is 0. The zero-order valence-electron chi connectivity index (χ0n) is 8.07. The van der Waals surface area contributed by atoms with Crippen LogP contribution in [0.1, 0.15) is 41.0 Å². The van der Waals surface area contributed by atoms with E-state index < -0.39 is 0 Å². The van der Waals surface area contributed by atoms with Crippen molar-refractivity contribution >= 4 is 0 Å². The molecule has 0 aromatic rings. The van der Waals surface area contributed by atoms with E-state index in [1.165, 1.54) is 6.42 Å². The van der Waals surface area contributed by atoms with Crippen LogP contribution in [0.25, 0.3) is 0 Å². The molecule has 0 heterocycles. The van der Waals surface area contributed by atoms with E-state index in [0.717, 1.165) is 11.8 Å². The van der Waals surface area contributed by atoms with Gasteiger partial charge in [-0.25, -0.2) is 0 Å². The molecule has 0 aliphatic carbocycles. The Balaban J connectivity index is 3.68. The van der Waals surface area contributed by atoms with Crippen LogP contribution in [0.15, 0.2) is 0 Å². The highest BCUT2D eigenvalue weighted by atomic mass is 14.2. The molecule has 0 amide bonds. The summed E-state index contributed by atoms with van der Waals surface area (Å²) in [7, 11) is 0. The molecule has 0 rings (SSSR count). The second kappa shape index (κ2) is 3.41. The summed E-state index contributed by atoms with van der Waals surface area (Å²) >= 11 is 0. The third-order valence-electron chi connectivity index (χ3n) is 2.01. The van der Waals surface area contributed by atoms with Crippen LogP contribution in [0.5, 0.6) is 0 Å². The highest BCUT2D eigenvalue weighted by Gasteiger charge is 2.17. The van der Waals surface area contributed by atoms with E-state index in [0.29, 0.717) is 0 Å². The van der Waals surface area contributed by atoms with Gasteiger partial charge in [-0.3, -0.25) is 0 Å². The Kier molecular flexibility index (Phi) is 3.41. The van der Waals surface area contributed by atoms with Gasteiger partial charge in [0.05, 0.1) is 0 Å². The minimum Gasteiger partial charge on any atom is -0.0625 e. The van der Waals surface area contributed by atoms with Crippen molar-refractivity contribution in [3.63, 3.8) is 0 Å². The molecule has 0 nitrogen and oxygen atoms in total. The second-order valence-electron chi connectivity index (χ2n) is 4.59. The van der Waals surface area contributed by atoms with E-state index in [2.05, 4.69) is 41.5 Å². The van der Waals surface area contributed by atoms with Gasteiger partial charge in [-0.15, -0.1) is 0 Å². The summed E-state index contributed by atoms with van der Waals surface area (Å²) in [4.78, 5) is 0. The molecular weight excluding hydrogens is 120 g/mol. The summed E-state index contributed by atoms with van der Waals surface area (Å²) in [6.45, 7) is 15.3. The highest BCUT2D eigenvalue weighted by Crippen LogP contribution is 2.27. The number of hydrogen-bond donors (Lipinski definition) is 0. The fourth-order valence-corrected chi connectivity index (χ4v) is 1.11. The summed E-state index contributed by atoms with van der Waals surface area (Å²) in [6.07, 6.45) is 1.23. The molecule has 61 valence electrons. The summed E-state index contributed by atoms with van der Waals surface area (Å²) in [6, 6.07) is 0. The Morgan fingerprint density at radius 3 is 1.70 bits per heavy atom. The molecule has 1 unspecified atom stereocenters. The van der Waals surface area contributed by atoms with E-state index in [1.807, 2.05) is 0 Å². The maximum Gasteiger partial charge on any atom is -0.0351 e. The lowest BCUT2D eigenvalue weighted by Gasteiger charge is -2.25. The molecule has 0 N–H and O–H groups in total. The molecule has 0 aliphatic rings. The lowest BCUT2D eigenvalue weighted by Crippen LogP contribution is -2.15. The minimum atomic E-state index is 0.254. The minimum absolute atomic E-state index is 0.254. The lowest BCUT2D eigenvalue weighted by atomic mass is 9.81. The van der Waals surface area contributed by atoms with Crippen molar-refractivity contribution in [1.29, 1.82) is 0 Å². The molecule has 0 saturated heterocycles. The van der Waals surface area contributed by atoms with Crippen LogP contribution in [0.2, 0.25) is 0 Å². The summed E-state index contributed by atoms with van der Waals surface area (Å²) in [5, 5.41) is 0. The molecular formula is C10H21. The summed E-state index contributed by atoms with van der Waals surface area (Å²) in [5.74, 6) is 1.59. The van der Waals surface area contributed by atoms with Crippen molar-refractivity contribution in [2.24, 2.45) is 17.3 Å². The van der Waals surface area contributed by atoms with Crippen LogP contribution in [0, 0.1) is 24.2 Å². The maximum atomic E-state index is 4.09. The molecule has 0 bridgehead atoms. The van der Waals surface area contributed by atoms with Crippen molar-refractivity contribution < 1.29 is 0 Å². The van der Waals surface area contributed by atoms with Gasteiger partial charge in [-0.05, 0) is 30.6 Å². The lowest BCUT2D eigenvalue weighted by molar-refractivity contribution is 0.286. The van der Waals surface area contributed by atoms with Gasteiger partial charge in [0.15, 0.2) is 0 Å². The van der Waals surface area contributed by atoms with Crippen LogP contribution in [-0.2, 0) is 0 Å². The SMILES string of the molecule is [CH2]C(C)(C)CC(C)C(C)C. The van der Waals surface area contributed by atoms with Gasteiger partial charge in [0, 0.05) is 0 Å². The molecule has 0 aromatic heterocycles. The van der Waals surface area contributed by atoms with Crippen molar-refractivity contribution in [3.8, 4) is 0 Å². The Bertz CT molecular complexity index is 84.7. The Morgan fingerprint density at radius 1 is 1.20 bits per heavy atom. The molecule has 0 fully saturated rings. The first kappa shape index (κ1) is 10.0. The third kappa shape index (κ3) is 4.84. The average Bonchev–Trinajstić information content (AvgIpc) is 1.60. The molecule has 0 spiro atoms. The van der Waals surface area contributed by atoms with Crippen LogP contribution in [0.4, 0.5) is 0 Å². The zero-order chi connectivity index (χ0) is 8.36. The van der Waals surface area contributed by atoms with E-state index in [-0.39, 0.29) is 5.41 Å². The predicted molar refractivity (Wildman–Crippen MR) is 47.8 cm³/mol. The van der Waals surface area contributed by atoms with Crippen molar-refractivity contribution in [2.75, 3.05) is 0 Å². The predicted octanol–water partition coefficient (Wildman–Crippen LogP) is 3.53. The monoisotopic (exact) mass is 141 g/mol. The highest BCUT2D eigenvalue weighted by molar-refractivity contribution is 4.74. The van der Waals surface area contributed by atoms with E-state index in [9.17, 15) is 0 Å². The molecule has 0 aromatic carbocycles. The van der Waals surface area contributed by atoms with Crippen LogP contribution in [-0.4, -0.2) is 0 Å². The standard InChI is InChI=1S/C10H21/c1-8(2)9(3)7-10(4,5)6/h8-9H,4,7H2,1-3,5-6H3. The van der Waals surface area contributed by atoms with Gasteiger partial charge in [0.1, 0.15) is 0 Å². The Labute approximate surface area is 66.0 Å². The molecule has 1 radical (unpaired) electrons. The largest absolute Gasteiger partial charge is 0.0625 e. The molecule has 1 atom stereocenters. The normalized spacial score (nSPS) is 15.9. The molecule has 0 saturated carbocycles. The zero-order valence-corrected chi connectivity index (χ0v) is 8.07. The molecule has 0 heteroatoms. The second-order valence-corrected chi connectivity index (χ2v) is 4.59. The number of hydrogen-bond acceptors (Lipinski definition) is 0. The third-order valence-corrected chi connectivity index (χ3v) is 2.01. The first-order valence-corrected chi connectivity index (χ1v) is 4.18. The van der Waals surface area contributed by atoms with E-state index in [4.69, 9.17) is 0 Å². The van der Waals surface area contributed by atoms with E-state index >= 15 is 0 Å². The molecule has 10 heavy (non-hydrogen) atoms. The van der Waals surface area contributed by atoms with Crippen molar-refractivity contribution in [3.05, 3.63) is 6.92 Å². The van der Waals surface area contributed by atoms with Gasteiger partial charge in [0.2, 0.25) is 0 Å². The van der Waals surface area contributed by atoms with Gasteiger partial charge in [0.25, 0.3) is 0 Å². The van der Waals surface area contributed by atoms with Crippen LogP contribution >= 0.6 is 0 Å². The quantitative estimate of drug-likeness (QED) is 0.564. The first-order chi connectivity index (χ1) is 4.33. The fraction of sp³-hybridized carbons (Fsp3) is 0.900. The first-order valence-electron chi connectivity index (χ1n) is 4.18. The molecule has 0 aliphatic heterocycles. The smallest absolute Gasteiger partial charge is 0.0351 e. The topological polar surface area (TPSA) is 0 Å². The van der Waals surface area contributed by atoms with Crippen molar-refractivity contribution in [1.82, 2.24) is 0 Å². The van der Waals surface area contributed by atoms with Crippen LogP contribution in [0.3, 0.4) is 0 Å². The van der Waals surface area contributed by atoms with Gasteiger partial charge in [-0.2, -0.15) is 0 Å². The maximum absolute atomic E-state index is 4.09. The fourth-order valence-electron chi connectivity index (χ4n) is 1.11. The average molecular weight is 141 g/mol. The van der Waals surface area contributed by atoms with Crippen molar-refractivity contribution in [2.45, 2.75) is 41.0 Å². The van der Waals surface area contributed by atoms with Crippen LogP contribution < -0.4 is 0 Å². The van der Waals surface area contributed by atoms with Gasteiger partial charge in [-0.1, -0.05) is 34.6 Å².